The predicted octanol–water partition coefficient (Wildman–Crippen LogP) is 4.25. The Balaban J connectivity index is 1.67. The molecule has 0 bridgehead atoms. The van der Waals surface area contributed by atoms with Gasteiger partial charge in [0.2, 0.25) is 0 Å². The van der Waals surface area contributed by atoms with Gasteiger partial charge in [0.1, 0.15) is 0 Å². The second kappa shape index (κ2) is 8.87. The van der Waals surface area contributed by atoms with Gasteiger partial charge in [0.15, 0.2) is 0 Å². The Kier molecular flexibility index (Phi) is 6.29. The lowest BCUT2D eigenvalue weighted by molar-refractivity contribution is -0.136. The molecule has 1 heterocycles. The molecule has 29 heavy (non-hydrogen) atoms. The number of rotatable bonds is 4. The normalized spacial score (nSPS) is 10.9. The van der Waals surface area contributed by atoms with Crippen molar-refractivity contribution in [2.75, 3.05) is 5.32 Å². The van der Waals surface area contributed by atoms with E-state index in [9.17, 15) is 9.59 Å². The number of carbonyl (C=O) groups is 2. The number of hydrogen-bond acceptors (Lipinski definition) is 3. The van der Waals surface area contributed by atoms with Crippen LogP contribution in [0.1, 0.15) is 22.5 Å². The fourth-order valence-electron chi connectivity index (χ4n) is 2.97. The van der Waals surface area contributed by atoms with Crippen LogP contribution in [0.3, 0.4) is 0 Å². The third kappa shape index (κ3) is 5.00. The zero-order valence-electron chi connectivity index (χ0n) is 16.4. The minimum absolute atomic E-state index is 0.553. The zero-order chi connectivity index (χ0) is 21.0. The van der Waals surface area contributed by atoms with Gasteiger partial charge < -0.3 is 9.88 Å². The van der Waals surface area contributed by atoms with Crippen molar-refractivity contribution in [3.8, 4) is 5.69 Å². The molecule has 0 aliphatic rings. The Morgan fingerprint density at radius 2 is 1.72 bits per heavy atom. The lowest BCUT2D eigenvalue weighted by Crippen LogP contribution is -2.32. The van der Waals surface area contributed by atoms with Crippen LogP contribution in [-0.2, 0) is 9.59 Å². The maximum Gasteiger partial charge on any atom is 0.329 e. The van der Waals surface area contributed by atoms with E-state index in [1.165, 1.54) is 6.21 Å². The number of nitrogens with zero attached hydrogens (tertiary/aromatic N) is 2. The van der Waals surface area contributed by atoms with Gasteiger partial charge in [-0.2, -0.15) is 5.10 Å². The Bertz CT molecular complexity index is 1080. The Labute approximate surface area is 177 Å². The van der Waals surface area contributed by atoms with Gasteiger partial charge in [-0.3, -0.25) is 9.59 Å². The molecule has 2 amide bonds. The van der Waals surface area contributed by atoms with Crippen LogP contribution in [0.25, 0.3) is 5.69 Å². The molecule has 6 nitrogen and oxygen atoms in total. The van der Waals surface area contributed by atoms with Gasteiger partial charge in [-0.25, -0.2) is 5.43 Å². The molecule has 0 saturated heterocycles. The highest BCUT2D eigenvalue weighted by molar-refractivity contribution is 9.10. The largest absolute Gasteiger partial charge is 0.329 e. The van der Waals surface area contributed by atoms with Crippen LogP contribution < -0.4 is 10.7 Å². The highest BCUT2D eigenvalue weighted by Crippen LogP contribution is 2.22. The van der Waals surface area contributed by atoms with E-state index in [1.54, 1.807) is 12.1 Å². The highest BCUT2D eigenvalue weighted by Gasteiger charge is 2.13. The summed E-state index contributed by atoms with van der Waals surface area (Å²) in [5.74, 6) is -1.60. The number of hydrazone groups is 1. The van der Waals surface area contributed by atoms with Crippen molar-refractivity contribution in [2.45, 2.75) is 20.8 Å². The number of aryl methyl sites for hydroxylation is 2. The average Bonchev–Trinajstić information content (AvgIpc) is 2.97. The van der Waals surface area contributed by atoms with E-state index in [0.29, 0.717) is 5.69 Å². The highest BCUT2D eigenvalue weighted by atomic mass is 79.9. The predicted molar refractivity (Wildman–Crippen MR) is 118 cm³/mol. The van der Waals surface area contributed by atoms with Crippen LogP contribution >= 0.6 is 15.9 Å². The molecule has 0 saturated carbocycles. The van der Waals surface area contributed by atoms with Gasteiger partial charge in [-0.1, -0.05) is 39.7 Å². The van der Waals surface area contributed by atoms with Crippen LogP contribution in [0.4, 0.5) is 5.69 Å². The zero-order valence-corrected chi connectivity index (χ0v) is 17.9. The number of halogens is 1. The molecule has 2 N–H and O–H groups in total. The summed E-state index contributed by atoms with van der Waals surface area (Å²) in [6, 6.07) is 17.1. The number of carbonyl (C=O) groups excluding carboxylic acids is 2. The summed E-state index contributed by atoms with van der Waals surface area (Å²) in [5.41, 5.74) is 7.77. The van der Waals surface area contributed by atoms with Crippen molar-refractivity contribution in [1.82, 2.24) is 9.99 Å². The molecular formula is C22H21BrN4O2. The number of anilines is 1. The second-order valence-electron chi connectivity index (χ2n) is 6.66. The summed E-state index contributed by atoms with van der Waals surface area (Å²) in [4.78, 5) is 23.9. The standard InChI is InChI=1S/C22H21BrN4O2/c1-14-7-9-19(10-8-14)25-21(28)22(29)26-24-13-17-11-15(2)27(16(17)3)20-6-4-5-18(23)12-20/h4-13H,1-3H3,(H,25,28)(H,26,29)/b24-13+. The van der Waals surface area contributed by atoms with Gasteiger partial charge in [0.05, 0.1) is 6.21 Å². The summed E-state index contributed by atoms with van der Waals surface area (Å²) in [7, 11) is 0. The van der Waals surface area contributed by atoms with E-state index in [0.717, 1.165) is 32.7 Å². The van der Waals surface area contributed by atoms with E-state index in [-0.39, 0.29) is 0 Å². The molecule has 0 aliphatic carbocycles. The summed E-state index contributed by atoms with van der Waals surface area (Å²) in [5, 5.41) is 6.47. The molecule has 0 atom stereocenters. The molecule has 3 rings (SSSR count). The number of benzene rings is 2. The van der Waals surface area contributed by atoms with Crippen molar-refractivity contribution < 1.29 is 9.59 Å². The van der Waals surface area contributed by atoms with Gasteiger partial charge in [-0.15, -0.1) is 0 Å². The summed E-state index contributed by atoms with van der Waals surface area (Å²) in [6.45, 7) is 5.92. The van der Waals surface area contributed by atoms with Crippen molar-refractivity contribution in [3.05, 3.63) is 81.6 Å². The smallest absolute Gasteiger partial charge is 0.318 e. The van der Waals surface area contributed by atoms with Crippen molar-refractivity contribution >= 4 is 39.6 Å². The van der Waals surface area contributed by atoms with Crippen LogP contribution in [0.5, 0.6) is 0 Å². The van der Waals surface area contributed by atoms with Crippen LogP contribution in [-0.4, -0.2) is 22.6 Å². The van der Waals surface area contributed by atoms with E-state index < -0.39 is 11.8 Å². The molecule has 0 radical (unpaired) electrons. The van der Waals surface area contributed by atoms with Crippen LogP contribution in [0, 0.1) is 20.8 Å². The monoisotopic (exact) mass is 452 g/mol. The number of nitrogens with one attached hydrogen (secondary N) is 2. The lowest BCUT2D eigenvalue weighted by Gasteiger charge is -2.09. The van der Waals surface area contributed by atoms with Crippen molar-refractivity contribution in [1.29, 1.82) is 0 Å². The quantitative estimate of drug-likeness (QED) is 0.352. The topological polar surface area (TPSA) is 75.5 Å². The molecular weight excluding hydrogens is 432 g/mol. The van der Waals surface area contributed by atoms with E-state index in [2.05, 4.69) is 36.3 Å². The van der Waals surface area contributed by atoms with E-state index in [1.807, 2.05) is 63.2 Å². The Morgan fingerprint density at radius 3 is 2.41 bits per heavy atom. The number of aromatic nitrogens is 1. The summed E-state index contributed by atoms with van der Waals surface area (Å²) >= 11 is 3.49. The van der Waals surface area contributed by atoms with Crippen LogP contribution in [0.15, 0.2) is 64.2 Å². The lowest BCUT2D eigenvalue weighted by atomic mass is 10.2. The first-order valence-electron chi connectivity index (χ1n) is 9.01. The Hall–Kier alpha value is -3.19. The molecule has 2 aromatic carbocycles. The van der Waals surface area contributed by atoms with Gasteiger partial charge in [0.25, 0.3) is 0 Å². The molecule has 0 unspecified atom stereocenters. The first kappa shape index (κ1) is 20.5. The molecule has 1 aromatic heterocycles. The number of amides is 2. The maximum absolute atomic E-state index is 12.0. The van der Waals surface area contributed by atoms with Gasteiger partial charge >= 0.3 is 11.8 Å². The molecule has 7 heteroatoms. The van der Waals surface area contributed by atoms with Crippen molar-refractivity contribution in [2.24, 2.45) is 5.10 Å². The van der Waals surface area contributed by atoms with Gasteiger partial charge in [-0.05, 0) is 57.2 Å². The molecule has 0 aliphatic heterocycles. The molecule has 0 fully saturated rings. The van der Waals surface area contributed by atoms with E-state index >= 15 is 0 Å². The van der Waals surface area contributed by atoms with Crippen LogP contribution in [0.2, 0.25) is 0 Å². The SMILES string of the molecule is Cc1ccc(NC(=O)C(=O)N/N=C/c2cc(C)n(-c3cccc(Br)c3)c2C)cc1. The third-order valence-corrected chi connectivity index (χ3v) is 4.92. The van der Waals surface area contributed by atoms with E-state index in [4.69, 9.17) is 0 Å². The molecule has 3 aromatic rings. The fraction of sp³-hybridized carbons (Fsp3) is 0.136. The maximum atomic E-state index is 12.0. The summed E-state index contributed by atoms with van der Waals surface area (Å²) < 4.78 is 3.09. The first-order valence-corrected chi connectivity index (χ1v) is 9.80. The number of hydrogen-bond donors (Lipinski definition) is 2. The van der Waals surface area contributed by atoms with Crippen molar-refractivity contribution in [3.63, 3.8) is 0 Å². The van der Waals surface area contributed by atoms with Gasteiger partial charge in [0, 0.05) is 32.8 Å². The Morgan fingerprint density at radius 1 is 1.00 bits per heavy atom. The minimum atomic E-state index is -0.831. The average molecular weight is 453 g/mol. The minimum Gasteiger partial charge on any atom is -0.318 e. The summed E-state index contributed by atoms with van der Waals surface area (Å²) in [6.07, 6.45) is 1.54. The third-order valence-electron chi connectivity index (χ3n) is 4.42. The molecule has 0 spiro atoms. The molecule has 148 valence electrons. The second-order valence-corrected chi connectivity index (χ2v) is 7.58. The first-order chi connectivity index (χ1) is 13.8. The fourth-order valence-corrected chi connectivity index (χ4v) is 3.35.